The molecular weight excluding hydrogens is 442 g/mol. The Morgan fingerprint density at radius 1 is 0.943 bits per heavy atom. The lowest BCUT2D eigenvalue weighted by Gasteiger charge is -2.42. The Balaban J connectivity index is 1.45. The molecule has 186 valence electrons. The Kier molecular flexibility index (Phi) is 7.73. The number of hydrogen-bond donors (Lipinski definition) is 1. The zero-order valence-electron chi connectivity index (χ0n) is 20.7. The molecule has 3 amide bonds. The van der Waals surface area contributed by atoms with E-state index in [4.69, 9.17) is 4.74 Å². The number of para-hydroxylation sites is 1. The molecule has 1 saturated heterocycles. The number of hydrogen-bond acceptors (Lipinski definition) is 4. The summed E-state index contributed by atoms with van der Waals surface area (Å²) in [4.78, 5) is 42.9. The van der Waals surface area contributed by atoms with Crippen molar-refractivity contribution in [3.63, 3.8) is 0 Å². The van der Waals surface area contributed by atoms with Crippen LogP contribution in [-0.2, 0) is 4.79 Å². The predicted octanol–water partition coefficient (Wildman–Crippen LogP) is 3.67. The van der Waals surface area contributed by atoms with Crippen molar-refractivity contribution in [3.05, 3.63) is 65.2 Å². The average Bonchev–Trinajstić information content (AvgIpc) is 2.88. The minimum atomic E-state index is -0.495. The molecular formula is C28H35N3O4. The van der Waals surface area contributed by atoms with Gasteiger partial charge in [-0.2, -0.15) is 0 Å². The van der Waals surface area contributed by atoms with Crippen LogP contribution in [0, 0.1) is 12.3 Å². The van der Waals surface area contributed by atoms with Gasteiger partial charge in [0.05, 0.1) is 17.5 Å². The highest BCUT2D eigenvalue weighted by Crippen LogP contribution is 2.39. The van der Waals surface area contributed by atoms with Crippen molar-refractivity contribution in [1.29, 1.82) is 0 Å². The average molecular weight is 478 g/mol. The van der Waals surface area contributed by atoms with Crippen molar-refractivity contribution >= 4 is 17.7 Å². The highest BCUT2D eigenvalue weighted by molar-refractivity contribution is 5.97. The van der Waals surface area contributed by atoms with Crippen LogP contribution in [0.5, 0.6) is 5.75 Å². The number of carbonyl (C=O) groups is 3. The molecule has 2 heterocycles. The van der Waals surface area contributed by atoms with Gasteiger partial charge in [0, 0.05) is 32.2 Å². The van der Waals surface area contributed by atoms with Crippen LogP contribution in [0.3, 0.4) is 0 Å². The lowest BCUT2D eigenvalue weighted by molar-refractivity contribution is -0.144. The number of amides is 3. The first-order valence-electron chi connectivity index (χ1n) is 12.5. The van der Waals surface area contributed by atoms with E-state index in [-0.39, 0.29) is 17.7 Å². The zero-order valence-corrected chi connectivity index (χ0v) is 20.7. The molecule has 0 unspecified atom stereocenters. The fourth-order valence-corrected chi connectivity index (χ4v) is 5.05. The summed E-state index contributed by atoms with van der Waals surface area (Å²) < 4.78 is 5.90. The second-order valence-corrected chi connectivity index (χ2v) is 9.72. The summed E-state index contributed by atoms with van der Waals surface area (Å²) in [5.74, 6) is 0.537. The van der Waals surface area contributed by atoms with Gasteiger partial charge >= 0.3 is 0 Å². The normalized spacial score (nSPS) is 19.4. The van der Waals surface area contributed by atoms with E-state index in [2.05, 4.69) is 5.32 Å². The molecule has 7 heteroatoms. The third-order valence-corrected chi connectivity index (χ3v) is 7.29. The van der Waals surface area contributed by atoms with Crippen molar-refractivity contribution < 1.29 is 19.1 Å². The first-order chi connectivity index (χ1) is 16.9. The number of fused-ring (bicyclic) bond motifs is 1. The molecule has 1 N–H and O–H groups in total. The summed E-state index contributed by atoms with van der Waals surface area (Å²) in [7, 11) is 1.82. The molecule has 2 aromatic rings. The fourth-order valence-electron chi connectivity index (χ4n) is 5.05. The molecule has 0 saturated carbocycles. The number of benzene rings is 2. The Hall–Kier alpha value is -3.35. The second kappa shape index (κ2) is 10.9. The predicted molar refractivity (Wildman–Crippen MR) is 135 cm³/mol. The van der Waals surface area contributed by atoms with Crippen molar-refractivity contribution in [3.8, 4) is 5.75 Å². The fraction of sp³-hybridized carbons (Fsp3) is 0.464. The lowest BCUT2D eigenvalue weighted by atomic mass is 9.73. The first-order valence-corrected chi connectivity index (χ1v) is 12.5. The van der Waals surface area contributed by atoms with Crippen LogP contribution in [0.15, 0.2) is 48.5 Å². The van der Waals surface area contributed by atoms with Crippen LogP contribution in [0.4, 0.5) is 0 Å². The number of nitrogens with one attached hydrogen (secondary N) is 1. The molecule has 4 rings (SSSR count). The standard InChI is InChI=1S/C28H35N3O4/c1-21-9-11-22(12-10-21)26(33)31-17-14-28(15-18-31)13-5-6-16-29-25(32)23-7-3-4-8-24(23)35-20-19-30(2)27(28)34/h3-4,7-12H,5-6,13-20H2,1-2H3,(H,29,32). The number of rotatable bonds is 1. The summed E-state index contributed by atoms with van der Waals surface area (Å²) >= 11 is 0. The number of aryl methyl sites for hydroxylation is 1. The van der Waals surface area contributed by atoms with E-state index in [1.165, 1.54) is 0 Å². The molecule has 2 aliphatic heterocycles. The van der Waals surface area contributed by atoms with Gasteiger partial charge in [0.15, 0.2) is 0 Å². The Morgan fingerprint density at radius 2 is 1.66 bits per heavy atom. The van der Waals surface area contributed by atoms with E-state index < -0.39 is 5.41 Å². The van der Waals surface area contributed by atoms with E-state index in [0.29, 0.717) is 62.5 Å². The molecule has 0 aromatic heterocycles. The third-order valence-electron chi connectivity index (χ3n) is 7.29. The molecule has 0 atom stereocenters. The number of piperidine rings is 1. The maximum Gasteiger partial charge on any atom is 0.255 e. The maximum absolute atomic E-state index is 13.7. The number of carbonyl (C=O) groups excluding carboxylic acids is 3. The number of likely N-dealkylation sites (tertiary alicyclic amines) is 1. The molecule has 0 bridgehead atoms. The van der Waals surface area contributed by atoms with E-state index in [1.807, 2.05) is 55.3 Å². The van der Waals surface area contributed by atoms with Crippen molar-refractivity contribution in [2.75, 3.05) is 39.8 Å². The van der Waals surface area contributed by atoms with E-state index in [0.717, 1.165) is 24.8 Å². The van der Waals surface area contributed by atoms with Gasteiger partial charge in [0.2, 0.25) is 5.91 Å². The van der Waals surface area contributed by atoms with Gasteiger partial charge in [-0.05, 0) is 56.9 Å². The van der Waals surface area contributed by atoms with Crippen LogP contribution in [0.1, 0.15) is 58.4 Å². The quantitative estimate of drug-likeness (QED) is 0.680. The van der Waals surface area contributed by atoms with Gasteiger partial charge in [-0.3, -0.25) is 14.4 Å². The summed E-state index contributed by atoms with van der Waals surface area (Å²) in [6.07, 6.45) is 3.66. The van der Waals surface area contributed by atoms with Crippen molar-refractivity contribution in [1.82, 2.24) is 15.1 Å². The first kappa shape index (κ1) is 24.8. The molecule has 1 spiro atoms. The molecule has 2 aliphatic rings. The number of likely N-dealkylation sites (N-methyl/N-ethyl adjacent to an activating group) is 1. The monoisotopic (exact) mass is 477 g/mol. The van der Waals surface area contributed by atoms with Crippen LogP contribution in [0.25, 0.3) is 0 Å². The minimum absolute atomic E-state index is 0.0244. The van der Waals surface area contributed by atoms with Crippen LogP contribution in [0.2, 0.25) is 0 Å². The highest BCUT2D eigenvalue weighted by atomic mass is 16.5. The molecule has 2 aromatic carbocycles. The molecule has 0 aliphatic carbocycles. The maximum atomic E-state index is 13.7. The lowest BCUT2D eigenvalue weighted by Crippen LogP contribution is -2.51. The summed E-state index contributed by atoms with van der Waals surface area (Å²) in [5.41, 5.74) is 1.83. The molecule has 7 nitrogen and oxygen atoms in total. The van der Waals surface area contributed by atoms with Crippen LogP contribution >= 0.6 is 0 Å². The summed E-state index contributed by atoms with van der Waals surface area (Å²) in [6.45, 7) is 4.41. The van der Waals surface area contributed by atoms with Gasteiger partial charge in [-0.15, -0.1) is 0 Å². The van der Waals surface area contributed by atoms with E-state index in [1.54, 1.807) is 17.0 Å². The minimum Gasteiger partial charge on any atom is -0.491 e. The van der Waals surface area contributed by atoms with Crippen LogP contribution in [-0.4, -0.2) is 67.4 Å². The zero-order chi connectivity index (χ0) is 24.8. The number of nitrogens with zero attached hydrogens (tertiary/aromatic N) is 2. The molecule has 1 fully saturated rings. The van der Waals surface area contributed by atoms with Crippen molar-refractivity contribution in [2.45, 2.75) is 39.0 Å². The van der Waals surface area contributed by atoms with Gasteiger partial charge in [0.25, 0.3) is 11.8 Å². The van der Waals surface area contributed by atoms with Gasteiger partial charge in [-0.25, -0.2) is 0 Å². The Morgan fingerprint density at radius 3 is 2.40 bits per heavy atom. The summed E-state index contributed by atoms with van der Waals surface area (Å²) in [6, 6.07) is 14.8. The second-order valence-electron chi connectivity index (χ2n) is 9.72. The largest absolute Gasteiger partial charge is 0.491 e. The topological polar surface area (TPSA) is 79.0 Å². The van der Waals surface area contributed by atoms with E-state index >= 15 is 0 Å². The number of ether oxygens (including phenoxy) is 1. The van der Waals surface area contributed by atoms with E-state index in [9.17, 15) is 14.4 Å². The van der Waals surface area contributed by atoms with Gasteiger partial charge in [0.1, 0.15) is 12.4 Å². The van der Waals surface area contributed by atoms with Crippen LogP contribution < -0.4 is 10.1 Å². The van der Waals surface area contributed by atoms with Gasteiger partial charge in [-0.1, -0.05) is 36.2 Å². The summed E-state index contributed by atoms with van der Waals surface area (Å²) in [5, 5.41) is 2.98. The van der Waals surface area contributed by atoms with Crippen molar-refractivity contribution in [2.24, 2.45) is 5.41 Å². The molecule has 35 heavy (non-hydrogen) atoms. The Bertz CT molecular complexity index is 1060. The smallest absolute Gasteiger partial charge is 0.255 e. The van der Waals surface area contributed by atoms with Gasteiger partial charge < -0.3 is 19.9 Å². The highest BCUT2D eigenvalue weighted by Gasteiger charge is 2.43. The molecule has 0 radical (unpaired) electrons. The Labute approximate surface area is 207 Å². The SMILES string of the molecule is Cc1ccc(C(=O)N2CCC3(CCCCNC(=O)c4ccccc4OCCN(C)C3=O)CC2)cc1. The third kappa shape index (κ3) is 5.66.